The SMILES string of the molecule is C[C@H](NC(=O)Nc1nc(C(F)(F)F)cs1)C1CC1. The van der Waals surface area contributed by atoms with Crippen LogP contribution in [0.15, 0.2) is 5.38 Å². The molecule has 0 aromatic carbocycles. The Labute approximate surface area is 106 Å². The highest BCUT2D eigenvalue weighted by atomic mass is 32.1. The second-order valence-corrected chi connectivity index (χ2v) is 5.12. The van der Waals surface area contributed by atoms with Gasteiger partial charge in [-0.25, -0.2) is 9.78 Å². The van der Waals surface area contributed by atoms with E-state index in [2.05, 4.69) is 15.6 Å². The first-order valence-electron chi connectivity index (χ1n) is 5.46. The van der Waals surface area contributed by atoms with Gasteiger partial charge in [-0.15, -0.1) is 11.3 Å². The fourth-order valence-electron chi connectivity index (χ4n) is 1.52. The fraction of sp³-hybridized carbons (Fsp3) is 0.600. The molecule has 1 fully saturated rings. The second kappa shape index (κ2) is 4.75. The van der Waals surface area contributed by atoms with Gasteiger partial charge in [0.25, 0.3) is 0 Å². The molecule has 1 aliphatic carbocycles. The predicted octanol–water partition coefficient (Wildman–Crippen LogP) is 3.08. The smallest absolute Gasteiger partial charge is 0.335 e. The number of thiazole rings is 1. The molecular weight excluding hydrogens is 267 g/mol. The van der Waals surface area contributed by atoms with Gasteiger partial charge in [0, 0.05) is 11.4 Å². The number of halogens is 3. The highest BCUT2D eigenvalue weighted by Gasteiger charge is 2.34. The van der Waals surface area contributed by atoms with E-state index < -0.39 is 17.9 Å². The number of rotatable bonds is 3. The molecule has 1 heterocycles. The van der Waals surface area contributed by atoms with E-state index in [1.165, 1.54) is 0 Å². The van der Waals surface area contributed by atoms with E-state index in [1.54, 1.807) is 0 Å². The molecule has 0 saturated heterocycles. The van der Waals surface area contributed by atoms with E-state index >= 15 is 0 Å². The van der Waals surface area contributed by atoms with Crippen LogP contribution in [0.3, 0.4) is 0 Å². The van der Waals surface area contributed by atoms with Gasteiger partial charge in [-0.3, -0.25) is 5.32 Å². The summed E-state index contributed by atoms with van der Waals surface area (Å²) in [4.78, 5) is 14.8. The van der Waals surface area contributed by atoms with Gasteiger partial charge < -0.3 is 5.32 Å². The third-order valence-electron chi connectivity index (χ3n) is 2.70. The van der Waals surface area contributed by atoms with Crippen molar-refractivity contribution in [2.24, 2.45) is 5.92 Å². The van der Waals surface area contributed by atoms with Crippen LogP contribution < -0.4 is 10.6 Å². The van der Waals surface area contributed by atoms with Crippen LogP contribution in [0.25, 0.3) is 0 Å². The number of carbonyl (C=O) groups is 1. The molecule has 100 valence electrons. The van der Waals surface area contributed by atoms with Gasteiger partial charge in [0.15, 0.2) is 10.8 Å². The maximum atomic E-state index is 12.3. The Kier molecular flexibility index (Phi) is 3.47. The van der Waals surface area contributed by atoms with Gasteiger partial charge in [0.2, 0.25) is 0 Å². The van der Waals surface area contributed by atoms with Crippen LogP contribution in [0.2, 0.25) is 0 Å². The number of amides is 2. The topological polar surface area (TPSA) is 54.0 Å². The lowest BCUT2D eigenvalue weighted by atomic mass is 10.2. The number of anilines is 1. The summed E-state index contributed by atoms with van der Waals surface area (Å²) in [6.07, 6.45) is -2.32. The van der Waals surface area contributed by atoms with Crippen molar-refractivity contribution in [2.45, 2.75) is 32.0 Å². The summed E-state index contributed by atoms with van der Waals surface area (Å²) in [5.74, 6) is 0.484. The molecule has 2 rings (SSSR count). The summed E-state index contributed by atoms with van der Waals surface area (Å²) >= 11 is 0.753. The highest BCUT2D eigenvalue weighted by molar-refractivity contribution is 7.13. The Morgan fingerprint density at radius 1 is 1.56 bits per heavy atom. The largest absolute Gasteiger partial charge is 0.434 e. The van der Waals surface area contributed by atoms with Gasteiger partial charge in [-0.1, -0.05) is 0 Å². The van der Waals surface area contributed by atoms with E-state index in [9.17, 15) is 18.0 Å². The van der Waals surface area contributed by atoms with Gasteiger partial charge in [-0.05, 0) is 25.7 Å². The van der Waals surface area contributed by atoms with Gasteiger partial charge >= 0.3 is 12.2 Å². The van der Waals surface area contributed by atoms with Gasteiger partial charge in [-0.2, -0.15) is 13.2 Å². The summed E-state index contributed by atoms with van der Waals surface area (Å²) in [6, 6.07) is -0.482. The minimum Gasteiger partial charge on any atom is -0.335 e. The van der Waals surface area contributed by atoms with Crippen LogP contribution in [0.5, 0.6) is 0 Å². The molecule has 1 saturated carbocycles. The van der Waals surface area contributed by atoms with Crippen LogP contribution in [-0.2, 0) is 6.18 Å². The quantitative estimate of drug-likeness (QED) is 0.893. The van der Waals surface area contributed by atoms with Crippen molar-refractivity contribution < 1.29 is 18.0 Å². The molecule has 0 unspecified atom stereocenters. The van der Waals surface area contributed by atoms with Crippen molar-refractivity contribution >= 4 is 22.5 Å². The standard InChI is InChI=1S/C10H12F3N3OS/c1-5(6-2-3-6)14-8(17)16-9-15-7(4-18-9)10(11,12)13/h4-6H,2-3H2,1H3,(H2,14,15,16,17)/t5-/m0/s1. The zero-order valence-electron chi connectivity index (χ0n) is 9.54. The Balaban J connectivity index is 1.88. The van der Waals surface area contributed by atoms with Crippen LogP contribution >= 0.6 is 11.3 Å². The molecule has 8 heteroatoms. The lowest BCUT2D eigenvalue weighted by Gasteiger charge is -2.12. The average molecular weight is 279 g/mol. The third kappa shape index (κ3) is 3.34. The summed E-state index contributed by atoms with van der Waals surface area (Å²) in [5.41, 5.74) is -0.988. The molecule has 0 bridgehead atoms. The molecule has 18 heavy (non-hydrogen) atoms. The number of hydrogen-bond acceptors (Lipinski definition) is 3. The van der Waals surface area contributed by atoms with Crippen LogP contribution in [-0.4, -0.2) is 17.1 Å². The lowest BCUT2D eigenvalue weighted by molar-refractivity contribution is -0.140. The summed E-state index contributed by atoms with van der Waals surface area (Å²) in [6.45, 7) is 1.88. The Morgan fingerprint density at radius 3 is 2.72 bits per heavy atom. The van der Waals surface area contributed by atoms with Crippen LogP contribution in [0.4, 0.5) is 23.1 Å². The number of carbonyl (C=O) groups excluding carboxylic acids is 1. The Hall–Kier alpha value is -1.31. The first kappa shape index (κ1) is 13.1. The van der Waals surface area contributed by atoms with E-state index in [0.717, 1.165) is 29.6 Å². The van der Waals surface area contributed by atoms with Crippen molar-refractivity contribution in [1.29, 1.82) is 0 Å². The molecule has 2 N–H and O–H groups in total. The number of nitrogens with one attached hydrogen (secondary N) is 2. The monoisotopic (exact) mass is 279 g/mol. The van der Waals surface area contributed by atoms with Crippen molar-refractivity contribution in [2.75, 3.05) is 5.32 Å². The maximum Gasteiger partial charge on any atom is 0.434 e. The second-order valence-electron chi connectivity index (χ2n) is 4.26. The Morgan fingerprint density at radius 2 is 2.22 bits per heavy atom. The number of urea groups is 1. The highest BCUT2D eigenvalue weighted by Crippen LogP contribution is 2.33. The molecule has 4 nitrogen and oxygen atoms in total. The summed E-state index contributed by atoms with van der Waals surface area (Å²) in [5, 5.41) is 5.80. The van der Waals surface area contributed by atoms with Crippen molar-refractivity contribution in [3.8, 4) is 0 Å². The molecular formula is C10H12F3N3OS. The van der Waals surface area contributed by atoms with Gasteiger partial charge in [0.1, 0.15) is 0 Å². The van der Waals surface area contributed by atoms with Crippen LogP contribution in [0, 0.1) is 5.92 Å². The molecule has 1 aromatic rings. The first-order valence-corrected chi connectivity index (χ1v) is 6.34. The zero-order valence-corrected chi connectivity index (χ0v) is 10.4. The molecule has 0 radical (unpaired) electrons. The van der Waals surface area contributed by atoms with E-state index in [-0.39, 0.29) is 11.2 Å². The number of alkyl halides is 3. The number of aromatic nitrogens is 1. The fourth-order valence-corrected chi connectivity index (χ4v) is 2.23. The molecule has 1 atom stereocenters. The van der Waals surface area contributed by atoms with E-state index in [4.69, 9.17) is 0 Å². The molecule has 1 aliphatic rings. The lowest BCUT2D eigenvalue weighted by Crippen LogP contribution is -2.37. The van der Waals surface area contributed by atoms with Crippen molar-refractivity contribution in [3.05, 3.63) is 11.1 Å². The molecule has 0 aliphatic heterocycles. The number of nitrogens with zero attached hydrogens (tertiary/aromatic N) is 1. The molecule has 1 aromatic heterocycles. The van der Waals surface area contributed by atoms with Gasteiger partial charge in [0.05, 0.1) is 0 Å². The van der Waals surface area contributed by atoms with Crippen molar-refractivity contribution in [3.63, 3.8) is 0 Å². The first-order chi connectivity index (χ1) is 8.36. The average Bonchev–Trinajstić information content (AvgIpc) is 2.98. The normalized spacial score (nSPS) is 17.3. The zero-order chi connectivity index (χ0) is 13.3. The molecule has 0 spiro atoms. The van der Waals surface area contributed by atoms with E-state index in [1.807, 2.05) is 6.92 Å². The summed E-state index contributed by atoms with van der Waals surface area (Å²) < 4.78 is 36.8. The minimum atomic E-state index is -4.48. The van der Waals surface area contributed by atoms with Crippen molar-refractivity contribution in [1.82, 2.24) is 10.3 Å². The Bertz CT molecular complexity index is 442. The van der Waals surface area contributed by atoms with E-state index in [0.29, 0.717) is 5.92 Å². The van der Waals surface area contributed by atoms with Crippen LogP contribution in [0.1, 0.15) is 25.5 Å². The number of hydrogen-bond donors (Lipinski definition) is 2. The molecule has 2 amide bonds. The summed E-state index contributed by atoms with van der Waals surface area (Å²) in [7, 11) is 0. The predicted molar refractivity (Wildman–Crippen MR) is 61.5 cm³/mol. The third-order valence-corrected chi connectivity index (χ3v) is 3.46. The minimum absolute atomic E-state index is 0.0343. The maximum absolute atomic E-state index is 12.3.